The predicted octanol–water partition coefficient (Wildman–Crippen LogP) is 1.89. The zero-order valence-corrected chi connectivity index (χ0v) is 14.4. The van der Waals surface area contributed by atoms with E-state index in [0.717, 1.165) is 29.8 Å². The number of methoxy groups -OCH3 is 1. The van der Waals surface area contributed by atoms with Gasteiger partial charge in [0.2, 0.25) is 5.91 Å². The average molecular weight is 341 g/mol. The van der Waals surface area contributed by atoms with E-state index >= 15 is 0 Å². The van der Waals surface area contributed by atoms with E-state index in [0.29, 0.717) is 26.1 Å². The van der Waals surface area contributed by atoms with Crippen LogP contribution in [0, 0.1) is 0 Å². The molecule has 0 radical (unpaired) electrons. The zero-order chi connectivity index (χ0) is 17.5. The maximum atomic E-state index is 12.6. The Bertz CT molecular complexity index is 693. The van der Waals surface area contributed by atoms with E-state index in [2.05, 4.69) is 9.97 Å². The lowest BCUT2D eigenvalue weighted by Gasteiger charge is -2.33. The lowest BCUT2D eigenvalue weighted by molar-refractivity contribution is -0.138. The van der Waals surface area contributed by atoms with Crippen molar-refractivity contribution in [2.24, 2.45) is 0 Å². The Kier molecular flexibility index (Phi) is 5.95. The standard InChI is InChI=1S/C19H23N3O3/c1-24-18-5-3-2-4-15(18)12-19(23)22-10-11-25-17(13-22)7-6-16-8-9-20-14-21-16/h2-5,8-9,14,17H,6-7,10-13H2,1H3. The summed E-state index contributed by atoms with van der Waals surface area (Å²) < 4.78 is 11.1. The van der Waals surface area contributed by atoms with Crippen LogP contribution in [0.5, 0.6) is 5.75 Å². The van der Waals surface area contributed by atoms with E-state index in [1.807, 2.05) is 35.2 Å². The number of morpholine rings is 1. The first-order chi connectivity index (χ1) is 12.3. The number of carbonyl (C=O) groups is 1. The summed E-state index contributed by atoms with van der Waals surface area (Å²) in [5.74, 6) is 0.865. The first kappa shape index (κ1) is 17.4. The molecule has 2 aromatic rings. The van der Waals surface area contributed by atoms with Crippen molar-refractivity contribution in [2.75, 3.05) is 26.8 Å². The number of benzene rings is 1. The van der Waals surface area contributed by atoms with Gasteiger partial charge in [-0.05, 0) is 25.0 Å². The number of carbonyl (C=O) groups excluding carboxylic acids is 1. The van der Waals surface area contributed by atoms with Crippen LogP contribution in [0.25, 0.3) is 0 Å². The third-order valence-electron chi connectivity index (χ3n) is 4.39. The molecule has 1 aliphatic heterocycles. The summed E-state index contributed by atoms with van der Waals surface area (Å²) in [5.41, 5.74) is 1.91. The van der Waals surface area contributed by atoms with Crippen molar-refractivity contribution in [3.8, 4) is 5.75 Å². The predicted molar refractivity (Wildman–Crippen MR) is 93.4 cm³/mol. The summed E-state index contributed by atoms with van der Waals surface area (Å²) in [6, 6.07) is 9.56. The molecule has 1 aromatic carbocycles. The summed E-state index contributed by atoms with van der Waals surface area (Å²) in [6.45, 7) is 1.84. The molecule has 0 N–H and O–H groups in total. The smallest absolute Gasteiger partial charge is 0.227 e. The maximum absolute atomic E-state index is 12.6. The van der Waals surface area contributed by atoms with Gasteiger partial charge in [-0.2, -0.15) is 0 Å². The molecule has 25 heavy (non-hydrogen) atoms. The van der Waals surface area contributed by atoms with Crippen LogP contribution >= 0.6 is 0 Å². The summed E-state index contributed by atoms with van der Waals surface area (Å²) >= 11 is 0. The zero-order valence-electron chi connectivity index (χ0n) is 14.4. The van der Waals surface area contributed by atoms with Crippen molar-refractivity contribution in [1.82, 2.24) is 14.9 Å². The molecule has 1 aliphatic rings. The molecule has 6 nitrogen and oxygen atoms in total. The van der Waals surface area contributed by atoms with Gasteiger partial charge in [-0.15, -0.1) is 0 Å². The fourth-order valence-corrected chi connectivity index (χ4v) is 3.02. The van der Waals surface area contributed by atoms with Gasteiger partial charge in [-0.25, -0.2) is 9.97 Å². The van der Waals surface area contributed by atoms with Gasteiger partial charge in [0.05, 0.1) is 26.2 Å². The lowest BCUT2D eigenvalue weighted by atomic mass is 10.1. The van der Waals surface area contributed by atoms with Gasteiger partial charge in [0, 0.05) is 30.5 Å². The van der Waals surface area contributed by atoms with Gasteiger partial charge in [-0.1, -0.05) is 18.2 Å². The second kappa shape index (κ2) is 8.58. The van der Waals surface area contributed by atoms with E-state index in [1.165, 1.54) is 0 Å². The van der Waals surface area contributed by atoms with Crippen molar-refractivity contribution < 1.29 is 14.3 Å². The van der Waals surface area contributed by atoms with Crippen LogP contribution in [0.2, 0.25) is 0 Å². The number of hydrogen-bond acceptors (Lipinski definition) is 5. The summed E-state index contributed by atoms with van der Waals surface area (Å²) in [7, 11) is 1.63. The minimum absolute atomic E-state index is 0.0466. The molecule has 3 rings (SSSR count). The SMILES string of the molecule is COc1ccccc1CC(=O)N1CCOC(CCc2ccncn2)C1. The number of rotatable bonds is 6. The third kappa shape index (κ3) is 4.76. The van der Waals surface area contributed by atoms with Gasteiger partial charge in [0.25, 0.3) is 0 Å². The van der Waals surface area contributed by atoms with Crippen LogP contribution in [0.3, 0.4) is 0 Å². The number of para-hydroxylation sites is 1. The van der Waals surface area contributed by atoms with E-state index in [1.54, 1.807) is 19.6 Å². The van der Waals surface area contributed by atoms with Crippen LogP contribution in [-0.4, -0.2) is 53.7 Å². The molecule has 0 spiro atoms. The number of ether oxygens (including phenoxy) is 2. The van der Waals surface area contributed by atoms with Crippen LogP contribution in [0.15, 0.2) is 42.9 Å². The van der Waals surface area contributed by atoms with E-state index < -0.39 is 0 Å². The molecular weight excluding hydrogens is 318 g/mol. The largest absolute Gasteiger partial charge is 0.496 e. The third-order valence-corrected chi connectivity index (χ3v) is 4.39. The Morgan fingerprint density at radius 2 is 2.24 bits per heavy atom. The fraction of sp³-hybridized carbons (Fsp3) is 0.421. The Morgan fingerprint density at radius 3 is 3.04 bits per heavy atom. The van der Waals surface area contributed by atoms with Crippen LogP contribution in [0.1, 0.15) is 17.7 Å². The van der Waals surface area contributed by atoms with Gasteiger partial charge in [-0.3, -0.25) is 4.79 Å². The topological polar surface area (TPSA) is 64.5 Å². The van der Waals surface area contributed by atoms with Gasteiger partial charge in [0.15, 0.2) is 0 Å². The molecule has 0 bridgehead atoms. The van der Waals surface area contributed by atoms with Crippen LogP contribution in [0.4, 0.5) is 0 Å². The molecular formula is C19H23N3O3. The minimum atomic E-state index is 0.0466. The normalized spacial score (nSPS) is 17.3. The fourth-order valence-electron chi connectivity index (χ4n) is 3.02. The Labute approximate surface area is 147 Å². The number of nitrogens with zero attached hydrogens (tertiary/aromatic N) is 3. The molecule has 2 heterocycles. The van der Waals surface area contributed by atoms with Gasteiger partial charge >= 0.3 is 0 Å². The lowest BCUT2D eigenvalue weighted by Crippen LogP contribution is -2.46. The molecule has 1 unspecified atom stereocenters. The second-order valence-electron chi connectivity index (χ2n) is 6.06. The van der Waals surface area contributed by atoms with Crippen molar-refractivity contribution >= 4 is 5.91 Å². The van der Waals surface area contributed by atoms with E-state index in [-0.39, 0.29) is 12.0 Å². The highest BCUT2D eigenvalue weighted by atomic mass is 16.5. The molecule has 1 amide bonds. The molecule has 1 saturated heterocycles. The van der Waals surface area contributed by atoms with Gasteiger partial charge in [0.1, 0.15) is 12.1 Å². The molecule has 0 saturated carbocycles. The molecule has 1 aromatic heterocycles. The first-order valence-corrected chi connectivity index (χ1v) is 8.52. The number of aryl methyl sites for hydroxylation is 1. The van der Waals surface area contributed by atoms with Gasteiger partial charge < -0.3 is 14.4 Å². The maximum Gasteiger partial charge on any atom is 0.227 e. The Balaban J connectivity index is 1.54. The van der Waals surface area contributed by atoms with Crippen molar-refractivity contribution in [3.63, 3.8) is 0 Å². The number of hydrogen-bond donors (Lipinski definition) is 0. The second-order valence-corrected chi connectivity index (χ2v) is 6.06. The average Bonchev–Trinajstić information content (AvgIpc) is 2.68. The highest BCUT2D eigenvalue weighted by Crippen LogP contribution is 2.19. The number of amides is 1. The van der Waals surface area contributed by atoms with Crippen molar-refractivity contribution in [2.45, 2.75) is 25.4 Å². The molecule has 1 fully saturated rings. The monoisotopic (exact) mass is 341 g/mol. The van der Waals surface area contributed by atoms with Crippen LogP contribution < -0.4 is 4.74 Å². The Morgan fingerprint density at radius 1 is 1.36 bits per heavy atom. The minimum Gasteiger partial charge on any atom is -0.496 e. The first-order valence-electron chi connectivity index (χ1n) is 8.52. The molecule has 132 valence electrons. The quantitative estimate of drug-likeness (QED) is 0.803. The molecule has 6 heteroatoms. The molecule has 0 aliphatic carbocycles. The van der Waals surface area contributed by atoms with Crippen molar-refractivity contribution in [1.29, 1.82) is 0 Å². The highest BCUT2D eigenvalue weighted by Gasteiger charge is 2.24. The van der Waals surface area contributed by atoms with E-state index in [9.17, 15) is 4.79 Å². The summed E-state index contributed by atoms with van der Waals surface area (Å²) in [6.07, 6.45) is 5.36. The Hall–Kier alpha value is -2.47. The van der Waals surface area contributed by atoms with Crippen molar-refractivity contribution in [3.05, 3.63) is 54.1 Å². The van der Waals surface area contributed by atoms with E-state index in [4.69, 9.17) is 9.47 Å². The van der Waals surface area contributed by atoms with Crippen LogP contribution in [-0.2, 0) is 22.4 Å². The molecule has 1 atom stereocenters. The summed E-state index contributed by atoms with van der Waals surface area (Å²) in [5, 5.41) is 0. The summed E-state index contributed by atoms with van der Waals surface area (Å²) in [4.78, 5) is 22.7. The number of aromatic nitrogens is 2. The highest BCUT2D eigenvalue weighted by molar-refractivity contribution is 5.79.